The van der Waals surface area contributed by atoms with Crippen molar-refractivity contribution in [3.63, 3.8) is 0 Å². The summed E-state index contributed by atoms with van der Waals surface area (Å²) in [6, 6.07) is 17.9. The van der Waals surface area contributed by atoms with E-state index in [1.807, 2.05) is 12.2 Å². The summed E-state index contributed by atoms with van der Waals surface area (Å²) in [5, 5.41) is 0. The summed E-state index contributed by atoms with van der Waals surface area (Å²) in [5.41, 5.74) is 18.1. The van der Waals surface area contributed by atoms with Gasteiger partial charge in [-0.1, -0.05) is 108 Å². The average Bonchev–Trinajstić information content (AvgIpc) is 3.84. The minimum absolute atomic E-state index is 0. The van der Waals surface area contributed by atoms with E-state index in [-0.39, 0.29) is 65.4 Å². The monoisotopic (exact) mass is 742 g/mol. The SMILES string of the molecule is [CH-]=C1C=[C-]C2=CC=C(C2)Cc2cccc(c2)C2=CC=C(C1)C2.[CH-]=C1C=[C-]C2=CC=C(C2)Cc2cccc(c2)C2=CC=C(C1)C2.[Y].[Y]. The molecule has 2 radical (unpaired) electrons. The molecule has 0 heterocycles. The van der Waals surface area contributed by atoms with Crippen molar-refractivity contribution >= 4 is 11.1 Å². The summed E-state index contributed by atoms with van der Waals surface area (Å²) in [7, 11) is 0. The van der Waals surface area contributed by atoms with Gasteiger partial charge in [0.25, 0.3) is 0 Å². The van der Waals surface area contributed by atoms with Crippen molar-refractivity contribution in [3.8, 4) is 0 Å². The van der Waals surface area contributed by atoms with E-state index >= 15 is 0 Å². The van der Waals surface area contributed by atoms with Gasteiger partial charge in [0, 0.05) is 65.4 Å². The standard InChI is InChI=1S/2C22H18.2Y/c2*1-16-5-6-17-7-8-20(12-17)13-18-3-2-4-21(14-18)22-10-9-19(11-16)15-22;;/h2*1-5,7-10,14H,11-13,15H2;;/q2*-2;;. The van der Waals surface area contributed by atoms with E-state index in [0.717, 1.165) is 62.5 Å². The second-order valence-corrected chi connectivity index (χ2v) is 12.6. The predicted molar refractivity (Wildman–Crippen MR) is 184 cm³/mol. The number of allylic oxidation sites excluding steroid dienone is 22. The maximum absolute atomic E-state index is 6.15. The average molecular weight is 743 g/mol. The molecule has 0 aromatic heterocycles. The summed E-state index contributed by atoms with van der Waals surface area (Å²) in [6.07, 6.45) is 36.0. The van der Waals surface area contributed by atoms with Crippen molar-refractivity contribution in [2.45, 2.75) is 51.4 Å². The van der Waals surface area contributed by atoms with Crippen molar-refractivity contribution in [3.05, 3.63) is 201 Å². The van der Waals surface area contributed by atoms with Gasteiger partial charge in [-0.05, 0) is 71.9 Å². The summed E-state index contributed by atoms with van der Waals surface area (Å²) in [6.45, 7) is 12.3. The molecular formula is C44H36Y2-4. The third kappa shape index (κ3) is 8.90. The summed E-state index contributed by atoms with van der Waals surface area (Å²) >= 11 is 0. The Morgan fingerprint density at radius 2 is 0.848 bits per heavy atom. The molecule has 6 aliphatic carbocycles. The van der Waals surface area contributed by atoms with E-state index in [9.17, 15) is 0 Å². The zero-order valence-corrected chi connectivity index (χ0v) is 32.0. The molecule has 0 fully saturated rings. The van der Waals surface area contributed by atoms with Crippen LogP contribution in [0.3, 0.4) is 0 Å². The van der Waals surface area contributed by atoms with E-state index in [0.29, 0.717) is 0 Å². The van der Waals surface area contributed by atoms with Crippen LogP contribution in [0.2, 0.25) is 0 Å². The van der Waals surface area contributed by atoms with Crippen LogP contribution in [-0.2, 0) is 78.3 Å². The van der Waals surface area contributed by atoms with Gasteiger partial charge in [-0.15, -0.1) is 12.2 Å². The Kier molecular flexibility index (Phi) is 12.2. The van der Waals surface area contributed by atoms with Crippen LogP contribution in [0.25, 0.3) is 11.1 Å². The van der Waals surface area contributed by atoms with Crippen molar-refractivity contribution in [1.82, 2.24) is 0 Å². The van der Waals surface area contributed by atoms with Gasteiger partial charge in [0.1, 0.15) is 0 Å². The van der Waals surface area contributed by atoms with Gasteiger partial charge in [0.2, 0.25) is 0 Å². The van der Waals surface area contributed by atoms with E-state index in [1.54, 1.807) is 0 Å². The van der Waals surface area contributed by atoms with Crippen molar-refractivity contribution in [2.75, 3.05) is 0 Å². The molecule has 0 saturated heterocycles. The molecular weight excluding hydrogens is 706 g/mol. The molecule has 0 unspecified atom stereocenters. The molecule has 2 heteroatoms. The van der Waals surface area contributed by atoms with Crippen LogP contribution in [0.4, 0.5) is 0 Å². The minimum Gasteiger partial charge on any atom is -0.357 e. The van der Waals surface area contributed by atoms with Crippen molar-refractivity contribution in [2.24, 2.45) is 0 Å². The Morgan fingerprint density at radius 3 is 1.30 bits per heavy atom. The third-order valence-corrected chi connectivity index (χ3v) is 8.96. The van der Waals surface area contributed by atoms with E-state index in [4.69, 9.17) is 13.2 Å². The quantitative estimate of drug-likeness (QED) is 0.236. The number of hydrogen-bond donors (Lipinski definition) is 0. The van der Waals surface area contributed by atoms with E-state index in [2.05, 4.69) is 109 Å². The normalized spacial score (nSPS) is 19.2. The third-order valence-electron chi connectivity index (χ3n) is 8.96. The summed E-state index contributed by atoms with van der Waals surface area (Å²) in [4.78, 5) is 0. The minimum atomic E-state index is 0. The van der Waals surface area contributed by atoms with Crippen LogP contribution < -0.4 is 0 Å². The van der Waals surface area contributed by atoms with Crippen LogP contribution in [0.15, 0.2) is 154 Å². The van der Waals surface area contributed by atoms with Gasteiger partial charge in [0.15, 0.2) is 0 Å². The molecule has 0 aliphatic heterocycles. The Balaban J connectivity index is 0.000000174. The zero-order valence-electron chi connectivity index (χ0n) is 26.4. The van der Waals surface area contributed by atoms with Crippen LogP contribution in [0.5, 0.6) is 0 Å². The second kappa shape index (κ2) is 16.1. The fourth-order valence-corrected chi connectivity index (χ4v) is 6.69. The zero-order chi connectivity index (χ0) is 29.9. The van der Waals surface area contributed by atoms with E-state index < -0.39 is 0 Å². The molecule has 46 heavy (non-hydrogen) atoms. The Labute approximate surface area is 326 Å². The Morgan fingerprint density at radius 1 is 0.435 bits per heavy atom. The largest absolute Gasteiger partial charge is 0.357 e. The first kappa shape index (κ1) is 34.9. The number of rotatable bonds is 0. The van der Waals surface area contributed by atoms with Gasteiger partial charge >= 0.3 is 0 Å². The van der Waals surface area contributed by atoms with Gasteiger partial charge in [-0.3, -0.25) is 12.2 Å². The predicted octanol–water partition coefficient (Wildman–Crippen LogP) is 10.6. The molecule has 222 valence electrons. The molecule has 0 spiro atoms. The van der Waals surface area contributed by atoms with Crippen molar-refractivity contribution < 1.29 is 65.4 Å². The smallest absolute Gasteiger partial charge is 0 e. The number of hydrogen-bond acceptors (Lipinski definition) is 0. The fourth-order valence-electron chi connectivity index (χ4n) is 6.69. The molecule has 12 bridgehead atoms. The molecule has 2 aromatic carbocycles. The van der Waals surface area contributed by atoms with Crippen LogP contribution in [0.1, 0.15) is 60.8 Å². The fraction of sp³-hybridized carbons (Fsp3) is 0.182. The molecule has 0 atom stereocenters. The summed E-state index contributed by atoms with van der Waals surface area (Å²) < 4.78 is 0. The van der Waals surface area contributed by atoms with Gasteiger partial charge < -0.3 is 36.5 Å². The van der Waals surface area contributed by atoms with Crippen molar-refractivity contribution in [1.29, 1.82) is 0 Å². The molecule has 0 saturated carbocycles. The molecule has 6 aliphatic rings. The van der Waals surface area contributed by atoms with Gasteiger partial charge in [-0.25, -0.2) is 0 Å². The maximum Gasteiger partial charge on any atom is 0 e. The topological polar surface area (TPSA) is 0 Å². The first-order valence-corrected chi connectivity index (χ1v) is 15.7. The Bertz CT molecular complexity index is 1730. The Hall–Kier alpha value is -2.47. The first-order valence-electron chi connectivity index (χ1n) is 15.7. The maximum atomic E-state index is 6.15. The molecule has 0 N–H and O–H groups in total. The molecule has 0 nitrogen and oxygen atoms in total. The first-order chi connectivity index (χ1) is 21.5. The molecule has 8 rings (SSSR count). The van der Waals surface area contributed by atoms with E-state index in [1.165, 1.54) is 66.8 Å². The van der Waals surface area contributed by atoms with Crippen LogP contribution >= 0.6 is 0 Å². The second-order valence-electron chi connectivity index (χ2n) is 12.6. The van der Waals surface area contributed by atoms with Gasteiger partial charge in [-0.2, -0.15) is 23.3 Å². The molecule has 0 amide bonds. The number of fused-ring (bicyclic) bond motifs is 14. The summed E-state index contributed by atoms with van der Waals surface area (Å²) in [5.74, 6) is 0. The van der Waals surface area contributed by atoms with Crippen LogP contribution in [0, 0.1) is 25.3 Å². The van der Waals surface area contributed by atoms with Gasteiger partial charge in [0.05, 0.1) is 0 Å². The molecule has 2 aromatic rings. The number of benzene rings is 2. The van der Waals surface area contributed by atoms with Crippen LogP contribution in [-0.4, -0.2) is 0 Å².